The molecule has 0 spiro atoms. The fourth-order valence-corrected chi connectivity index (χ4v) is 2.18. The van der Waals surface area contributed by atoms with Crippen LogP contribution in [0.4, 0.5) is 11.4 Å². The molecule has 0 aliphatic heterocycles. The average Bonchev–Trinajstić information content (AvgIpc) is 2.62. The Morgan fingerprint density at radius 2 is 2.28 bits per heavy atom. The fourth-order valence-electron chi connectivity index (χ4n) is 1.46. The van der Waals surface area contributed by atoms with Gasteiger partial charge in [0.2, 0.25) is 0 Å². The molecule has 0 aliphatic rings. The van der Waals surface area contributed by atoms with E-state index in [4.69, 9.17) is 17.3 Å². The first kappa shape index (κ1) is 12.9. The van der Waals surface area contributed by atoms with Crippen LogP contribution < -0.4 is 11.1 Å². The molecule has 0 unspecified atom stereocenters. The number of rotatable bonds is 2. The summed E-state index contributed by atoms with van der Waals surface area (Å²) < 4.78 is 2.32. The molecule has 0 fully saturated rings. The Hall–Kier alpha value is -1.53. The lowest BCUT2D eigenvalue weighted by Crippen LogP contribution is -2.14. The second-order valence-electron chi connectivity index (χ2n) is 3.69. The number of nitrogens with two attached hydrogens (primary N) is 1. The number of nitrogens with zero attached hydrogens (tertiary/aromatic N) is 2. The van der Waals surface area contributed by atoms with Crippen LogP contribution in [0.15, 0.2) is 28.9 Å². The molecule has 0 saturated carbocycles. The van der Waals surface area contributed by atoms with Crippen LogP contribution in [-0.4, -0.2) is 15.7 Å². The normalized spacial score (nSPS) is 10.4. The Morgan fingerprint density at radius 3 is 2.83 bits per heavy atom. The van der Waals surface area contributed by atoms with E-state index in [1.54, 1.807) is 31.4 Å². The van der Waals surface area contributed by atoms with Crippen LogP contribution in [0.1, 0.15) is 10.5 Å². The van der Waals surface area contributed by atoms with Gasteiger partial charge >= 0.3 is 0 Å². The molecule has 94 valence electrons. The highest BCUT2D eigenvalue weighted by Gasteiger charge is 2.15. The molecule has 18 heavy (non-hydrogen) atoms. The van der Waals surface area contributed by atoms with Gasteiger partial charge in [-0.05, 0) is 18.2 Å². The van der Waals surface area contributed by atoms with Crippen molar-refractivity contribution >= 4 is 44.8 Å². The fraction of sp³-hybridized carbons (Fsp3) is 0.0909. The van der Waals surface area contributed by atoms with Crippen LogP contribution in [0.2, 0.25) is 5.02 Å². The van der Waals surface area contributed by atoms with E-state index < -0.39 is 5.91 Å². The number of carbonyl (C=O) groups excluding carboxylic acids is 1. The van der Waals surface area contributed by atoms with E-state index in [0.29, 0.717) is 16.4 Å². The third-order valence-electron chi connectivity index (χ3n) is 2.25. The van der Waals surface area contributed by atoms with Crippen LogP contribution in [-0.2, 0) is 7.05 Å². The molecule has 1 aromatic heterocycles. The summed E-state index contributed by atoms with van der Waals surface area (Å²) in [5, 5.41) is 7.08. The molecule has 3 N–H and O–H groups in total. The van der Waals surface area contributed by atoms with E-state index in [2.05, 4.69) is 26.3 Å². The summed E-state index contributed by atoms with van der Waals surface area (Å²) >= 11 is 9.29. The van der Waals surface area contributed by atoms with E-state index in [1.807, 2.05) is 0 Å². The first-order chi connectivity index (χ1) is 8.47. The number of hydrogen-bond donors (Lipinski definition) is 2. The monoisotopic (exact) mass is 328 g/mol. The molecule has 5 nitrogen and oxygen atoms in total. The number of anilines is 2. The average molecular weight is 330 g/mol. The topological polar surface area (TPSA) is 72.9 Å². The third kappa shape index (κ3) is 2.65. The molecule has 1 heterocycles. The van der Waals surface area contributed by atoms with Gasteiger partial charge in [-0.2, -0.15) is 5.10 Å². The van der Waals surface area contributed by atoms with Crippen molar-refractivity contribution in [3.05, 3.63) is 39.6 Å². The number of carbonyl (C=O) groups is 1. The molecule has 2 aromatic rings. The first-order valence-electron chi connectivity index (χ1n) is 5.03. The largest absolute Gasteiger partial charge is 0.396 e. The minimum atomic E-state index is -0.391. The second-order valence-corrected chi connectivity index (χ2v) is 5.01. The minimum Gasteiger partial charge on any atom is -0.396 e. The maximum absolute atomic E-state index is 11.9. The number of nitrogens with one attached hydrogen (secondary N) is 1. The molecule has 0 bridgehead atoms. The summed E-state index contributed by atoms with van der Waals surface area (Å²) in [6, 6.07) is 5.17. The van der Waals surface area contributed by atoms with Crippen molar-refractivity contribution in [2.45, 2.75) is 0 Å². The summed E-state index contributed by atoms with van der Waals surface area (Å²) in [7, 11) is 1.69. The van der Waals surface area contributed by atoms with Crippen LogP contribution in [0, 0.1) is 0 Å². The Morgan fingerprint density at radius 1 is 1.56 bits per heavy atom. The van der Waals surface area contributed by atoms with Gasteiger partial charge in [-0.15, -0.1) is 0 Å². The molecule has 7 heteroatoms. The lowest BCUT2D eigenvalue weighted by atomic mass is 10.3. The molecular formula is C11H10BrClN4O. The zero-order chi connectivity index (χ0) is 13.3. The standard InChI is InChI=1S/C11H10BrClN4O/c1-17-5-8(14)10(16-17)11(18)15-9-3-2-6(12)4-7(9)13/h2-5H,14H2,1H3,(H,15,18). The van der Waals surface area contributed by atoms with E-state index in [1.165, 1.54) is 4.68 Å². The Labute approximate surface area is 117 Å². The molecule has 2 rings (SSSR count). The Kier molecular flexibility index (Phi) is 3.58. The number of nitrogen functional groups attached to an aromatic ring is 1. The van der Waals surface area contributed by atoms with Gasteiger partial charge in [-0.1, -0.05) is 27.5 Å². The smallest absolute Gasteiger partial charge is 0.278 e. The third-order valence-corrected chi connectivity index (χ3v) is 3.06. The van der Waals surface area contributed by atoms with E-state index in [9.17, 15) is 4.79 Å². The number of benzene rings is 1. The van der Waals surface area contributed by atoms with Gasteiger partial charge < -0.3 is 11.1 Å². The second kappa shape index (κ2) is 4.99. The van der Waals surface area contributed by atoms with Crippen molar-refractivity contribution in [1.29, 1.82) is 0 Å². The molecule has 0 radical (unpaired) electrons. The van der Waals surface area contributed by atoms with Crippen LogP contribution in [0.25, 0.3) is 0 Å². The van der Waals surface area contributed by atoms with Gasteiger partial charge in [0.05, 0.1) is 16.4 Å². The van der Waals surface area contributed by atoms with Crippen molar-refractivity contribution in [2.24, 2.45) is 7.05 Å². The summed E-state index contributed by atoms with van der Waals surface area (Å²) in [4.78, 5) is 11.9. The van der Waals surface area contributed by atoms with Gasteiger partial charge in [-0.3, -0.25) is 9.48 Å². The first-order valence-corrected chi connectivity index (χ1v) is 6.20. The van der Waals surface area contributed by atoms with Crippen molar-refractivity contribution < 1.29 is 4.79 Å². The van der Waals surface area contributed by atoms with E-state index in [0.717, 1.165) is 4.47 Å². The quantitative estimate of drug-likeness (QED) is 0.889. The Bertz CT molecular complexity index is 611. The maximum atomic E-state index is 11.9. The molecule has 0 atom stereocenters. The summed E-state index contributed by atoms with van der Waals surface area (Å²) in [6.07, 6.45) is 1.57. The number of aryl methyl sites for hydroxylation is 1. The number of aromatic nitrogens is 2. The molecule has 0 saturated heterocycles. The molecule has 1 aromatic carbocycles. The van der Waals surface area contributed by atoms with Crippen molar-refractivity contribution in [2.75, 3.05) is 11.1 Å². The highest BCUT2D eigenvalue weighted by Crippen LogP contribution is 2.26. The minimum absolute atomic E-state index is 0.177. The summed E-state index contributed by atoms with van der Waals surface area (Å²) in [5.74, 6) is -0.391. The van der Waals surface area contributed by atoms with Gasteiger partial charge in [-0.25, -0.2) is 0 Å². The lowest BCUT2D eigenvalue weighted by molar-refractivity contribution is 0.102. The lowest BCUT2D eigenvalue weighted by Gasteiger charge is -2.06. The SMILES string of the molecule is Cn1cc(N)c(C(=O)Nc2ccc(Br)cc2Cl)n1. The number of halogens is 2. The highest BCUT2D eigenvalue weighted by atomic mass is 79.9. The Balaban J connectivity index is 2.24. The molecule has 0 aliphatic carbocycles. The van der Waals surface area contributed by atoms with Crippen LogP contribution in [0.3, 0.4) is 0 Å². The molecule has 1 amide bonds. The van der Waals surface area contributed by atoms with Crippen molar-refractivity contribution in [3.8, 4) is 0 Å². The van der Waals surface area contributed by atoms with E-state index >= 15 is 0 Å². The molecular weight excluding hydrogens is 320 g/mol. The zero-order valence-corrected chi connectivity index (χ0v) is 11.8. The predicted molar refractivity (Wildman–Crippen MR) is 74.7 cm³/mol. The van der Waals surface area contributed by atoms with Gasteiger partial charge in [0.25, 0.3) is 5.91 Å². The van der Waals surface area contributed by atoms with Gasteiger partial charge in [0.15, 0.2) is 5.69 Å². The van der Waals surface area contributed by atoms with Gasteiger partial charge in [0, 0.05) is 17.7 Å². The van der Waals surface area contributed by atoms with E-state index in [-0.39, 0.29) is 5.69 Å². The highest BCUT2D eigenvalue weighted by molar-refractivity contribution is 9.10. The maximum Gasteiger partial charge on any atom is 0.278 e. The van der Waals surface area contributed by atoms with Crippen molar-refractivity contribution in [1.82, 2.24) is 9.78 Å². The van der Waals surface area contributed by atoms with Gasteiger partial charge in [0.1, 0.15) is 0 Å². The van der Waals surface area contributed by atoms with Crippen LogP contribution >= 0.6 is 27.5 Å². The predicted octanol–water partition coefficient (Wildman–Crippen LogP) is 2.67. The zero-order valence-electron chi connectivity index (χ0n) is 9.45. The number of amides is 1. The van der Waals surface area contributed by atoms with Crippen LogP contribution in [0.5, 0.6) is 0 Å². The van der Waals surface area contributed by atoms with Crippen molar-refractivity contribution in [3.63, 3.8) is 0 Å². The number of hydrogen-bond acceptors (Lipinski definition) is 3. The summed E-state index contributed by atoms with van der Waals surface area (Å²) in [6.45, 7) is 0. The summed E-state index contributed by atoms with van der Waals surface area (Å²) in [5.41, 5.74) is 6.68.